The van der Waals surface area contributed by atoms with Gasteiger partial charge in [-0.05, 0) is 55.5 Å². The Kier molecular flexibility index (Phi) is 9.02. The fraction of sp³-hybridized carbons (Fsp3) is 0.238. The van der Waals surface area contributed by atoms with Crippen molar-refractivity contribution in [1.29, 1.82) is 0 Å². The third-order valence-electron chi connectivity index (χ3n) is 3.73. The number of rotatable bonds is 9. The molecule has 0 saturated heterocycles. The van der Waals surface area contributed by atoms with Gasteiger partial charge in [0, 0.05) is 22.3 Å². The van der Waals surface area contributed by atoms with Crippen molar-refractivity contribution < 1.29 is 28.7 Å². The number of ether oxygens (including phenoxy) is 2. The Morgan fingerprint density at radius 2 is 1.37 bits per heavy atom. The number of amides is 2. The van der Waals surface area contributed by atoms with Crippen LogP contribution in [0.3, 0.4) is 0 Å². The molecule has 2 amide bonds. The van der Waals surface area contributed by atoms with Gasteiger partial charge in [-0.25, -0.2) is 4.79 Å². The van der Waals surface area contributed by atoms with E-state index in [-0.39, 0.29) is 19.4 Å². The second-order valence-electron chi connectivity index (χ2n) is 6.06. The normalized spacial score (nSPS) is 10.1. The number of hydrogen-bond donors (Lipinski definition) is 2. The van der Waals surface area contributed by atoms with E-state index >= 15 is 0 Å². The second-order valence-corrected chi connectivity index (χ2v) is 6.98. The highest BCUT2D eigenvalue weighted by molar-refractivity contribution is 9.10. The van der Waals surface area contributed by atoms with Crippen molar-refractivity contribution in [3.8, 4) is 0 Å². The molecule has 2 aromatic carbocycles. The van der Waals surface area contributed by atoms with Crippen LogP contribution in [0.5, 0.6) is 0 Å². The number of carbonyl (C=O) groups excluding carboxylic acids is 4. The van der Waals surface area contributed by atoms with E-state index in [9.17, 15) is 19.2 Å². The third kappa shape index (κ3) is 8.04. The fourth-order valence-electron chi connectivity index (χ4n) is 2.29. The number of hydrogen-bond acceptors (Lipinski definition) is 6. The van der Waals surface area contributed by atoms with Gasteiger partial charge in [-0.2, -0.15) is 0 Å². The molecule has 0 aromatic heterocycles. The van der Waals surface area contributed by atoms with E-state index in [0.717, 1.165) is 4.47 Å². The van der Waals surface area contributed by atoms with E-state index in [1.54, 1.807) is 43.3 Å². The molecule has 0 heterocycles. The summed E-state index contributed by atoms with van der Waals surface area (Å²) in [5, 5.41) is 5.21. The van der Waals surface area contributed by atoms with Gasteiger partial charge in [-0.15, -0.1) is 0 Å². The number of nitrogens with one attached hydrogen (secondary N) is 2. The summed E-state index contributed by atoms with van der Waals surface area (Å²) in [6.45, 7) is 1.55. The molecule has 0 saturated carbocycles. The molecule has 0 aliphatic carbocycles. The maximum absolute atomic E-state index is 12.0. The summed E-state index contributed by atoms with van der Waals surface area (Å²) in [6, 6.07) is 13.1. The molecule has 30 heavy (non-hydrogen) atoms. The Bertz CT molecular complexity index is 897. The molecule has 0 unspecified atom stereocenters. The predicted molar refractivity (Wildman–Crippen MR) is 114 cm³/mol. The lowest BCUT2D eigenvalue weighted by Crippen LogP contribution is -2.21. The largest absolute Gasteiger partial charge is 0.462 e. The lowest BCUT2D eigenvalue weighted by Gasteiger charge is -2.08. The number of benzene rings is 2. The van der Waals surface area contributed by atoms with Gasteiger partial charge in [0.05, 0.1) is 18.6 Å². The molecule has 8 nitrogen and oxygen atoms in total. The molecule has 2 N–H and O–H groups in total. The molecular formula is C21H21BrN2O6. The van der Waals surface area contributed by atoms with Gasteiger partial charge in [-0.3, -0.25) is 14.4 Å². The topological polar surface area (TPSA) is 111 Å². The van der Waals surface area contributed by atoms with Crippen molar-refractivity contribution in [3.63, 3.8) is 0 Å². The van der Waals surface area contributed by atoms with E-state index in [0.29, 0.717) is 16.9 Å². The van der Waals surface area contributed by atoms with Crippen molar-refractivity contribution in [2.75, 3.05) is 23.8 Å². The molecule has 0 fully saturated rings. The van der Waals surface area contributed by atoms with Crippen LogP contribution in [0.15, 0.2) is 53.0 Å². The first-order valence-electron chi connectivity index (χ1n) is 9.15. The molecule has 9 heteroatoms. The Hall–Kier alpha value is -3.20. The summed E-state index contributed by atoms with van der Waals surface area (Å²) < 4.78 is 10.6. The van der Waals surface area contributed by atoms with Crippen LogP contribution in [0.1, 0.15) is 30.1 Å². The average molecular weight is 477 g/mol. The molecule has 0 aliphatic rings. The number of esters is 2. The summed E-state index contributed by atoms with van der Waals surface area (Å²) in [5.74, 6) is -1.97. The zero-order chi connectivity index (χ0) is 21.9. The molecule has 0 aliphatic heterocycles. The van der Waals surface area contributed by atoms with Gasteiger partial charge in [0.1, 0.15) is 0 Å². The van der Waals surface area contributed by atoms with Crippen molar-refractivity contribution >= 4 is 51.1 Å². The van der Waals surface area contributed by atoms with Gasteiger partial charge in [-0.1, -0.05) is 15.9 Å². The maximum atomic E-state index is 12.0. The Labute approximate surface area is 182 Å². The average Bonchev–Trinajstić information content (AvgIpc) is 2.73. The first kappa shape index (κ1) is 23.1. The summed E-state index contributed by atoms with van der Waals surface area (Å²) in [6.07, 6.45) is -0.273. The van der Waals surface area contributed by atoms with Gasteiger partial charge in [0.2, 0.25) is 5.91 Å². The highest BCUT2D eigenvalue weighted by atomic mass is 79.9. The number of anilines is 2. The van der Waals surface area contributed by atoms with Crippen LogP contribution in [0.2, 0.25) is 0 Å². The van der Waals surface area contributed by atoms with Gasteiger partial charge in [0.15, 0.2) is 6.61 Å². The Morgan fingerprint density at radius 3 is 1.97 bits per heavy atom. The summed E-state index contributed by atoms with van der Waals surface area (Å²) in [4.78, 5) is 47.1. The smallest absolute Gasteiger partial charge is 0.338 e. The van der Waals surface area contributed by atoms with Crippen LogP contribution in [0, 0.1) is 0 Å². The quantitative estimate of drug-likeness (QED) is 0.535. The van der Waals surface area contributed by atoms with Gasteiger partial charge >= 0.3 is 11.9 Å². The van der Waals surface area contributed by atoms with Crippen LogP contribution in [-0.2, 0) is 23.9 Å². The van der Waals surface area contributed by atoms with E-state index in [2.05, 4.69) is 26.6 Å². The Balaban J connectivity index is 1.68. The van der Waals surface area contributed by atoms with Crippen molar-refractivity contribution in [2.45, 2.75) is 19.8 Å². The maximum Gasteiger partial charge on any atom is 0.338 e. The Morgan fingerprint density at radius 1 is 0.800 bits per heavy atom. The molecule has 0 spiro atoms. The molecule has 0 bridgehead atoms. The van der Waals surface area contributed by atoms with Crippen LogP contribution >= 0.6 is 15.9 Å². The summed E-state index contributed by atoms with van der Waals surface area (Å²) in [5.41, 5.74) is 1.43. The molecule has 2 rings (SSSR count). The van der Waals surface area contributed by atoms with E-state index in [4.69, 9.17) is 9.47 Å². The van der Waals surface area contributed by atoms with E-state index < -0.39 is 30.4 Å². The minimum atomic E-state index is -0.659. The minimum absolute atomic E-state index is 0.104. The highest BCUT2D eigenvalue weighted by Crippen LogP contribution is 2.14. The molecule has 0 radical (unpaired) electrons. The molecule has 0 atom stereocenters. The summed E-state index contributed by atoms with van der Waals surface area (Å²) in [7, 11) is 0. The van der Waals surface area contributed by atoms with Crippen LogP contribution in [-0.4, -0.2) is 37.0 Å². The SMILES string of the molecule is CCOC(=O)c1ccc(NC(=O)CCC(=O)OCC(=O)Nc2ccc(Br)cc2)cc1. The third-order valence-corrected chi connectivity index (χ3v) is 4.26. The van der Waals surface area contributed by atoms with Crippen LogP contribution < -0.4 is 10.6 Å². The zero-order valence-electron chi connectivity index (χ0n) is 16.3. The van der Waals surface area contributed by atoms with Gasteiger partial charge in [0.25, 0.3) is 5.91 Å². The lowest BCUT2D eigenvalue weighted by atomic mass is 10.2. The molecule has 158 valence electrons. The standard InChI is InChI=1S/C21H21BrN2O6/c1-2-29-21(28)14-3-7-16(8-4-14)23-18(25)11-12-20(27)30-13-19(26)24-17-9-5-15(22)6-10-17/h3-10H,2,11-13H2,1H3,(H,23,25)(H,24,26). The molecular weight excluding hydrogens is 456 g/mol. The monoisotopic (exact) mass is 476 g/mol. The van der Waals surface area contributed by atoms with Crippen molar-refractivity contribution in [2.24, 2.45) is 0 Å². The fourth-order valence-corrected chi connectivity index (χ4v) is 2.56. The first-order chi connectivity index (χ1) is 14.4. The predicted octanol–water partition coefficient (Wildman–Crippen LogP) is 3.53. The van der Waals surface area contributed by atoms with Crippen LogP contribution in [0.4, 0.5) is 11.4 Å². The van der Waals surface area contributed by atoms with Crippen molar-refractivity contribution in [1.82, 2.24) is 0 Å². The van der Waals surface area contributed by atoms with Crippen LogP contribution in [0.25, 0.3) is 0 Å². The number of halogens is 1. The number of carbonyl (C=O) groups is 4. The van der Waals surface area contributed by atoms with E-state index in [1.807, 2.05) is 0 Å². The summed E-state index contributed by atoms with van der Waals surface area (Å²) >= 11 is 3.29. The van der Waals surface area contributed by atoms with Crippen molar-refractivity contribution in [3.05, 3.63) is 58.6 Å². The lowest BCUT2D eigenvalue weighted by molar-refractivity contribution is -0.147. The first-order valence-corrected chi connectivity index (χ1v) is 9.94. The molecule has 2 aromatic rings. The van der Waals surface area contributed by atoms with E-state index in [1.165, 1.54) is 12.1 Å². The minimum Gasteiger partial charge on any atom is -0.462 e. The highest BCUT2D eigenvalue weighted by Gasteiger charge is 2.12. The second kappa shape index (κ2) is 11.7. The van der Waals surface area contributed by atoms with Gasteiger partial charge < -0.3 is 20.1 Å². The zero-order valence-corrected chi connectivity index (χ0v) is 17.9.